The number of nitrogens with zero attached hydrogens (tertiary/aromatic N) is 2. The van der Waals surface area contributed by atoms with E-state index in [1.54, 1.807) is 4.52 Å². The van der Waals surface area contributed by atoms with Crippen LogP contribution in [-0.4, -0.2) is 14.6 Å². The van der Waals surface area contributed by atoms with E-state index in [-0.39, 0.29) is 5.56 Å². The van der Waals surface area contributed by atoms with Gasteiger partial charge >= 0.3 is 0 Å². The molecule has 0 fully saturated rings. The molecule has 0 saturated heterocycles. The molecule has 0 aliphatic heterocycles. The van der Waals surface area contributed by atoms with E-state index >= 15 is 0 Å². The summed E-state index contributed by atoms with van der Waals surface area (Å²) in [5, 5.41) is 3.21. The summed E-state index contributed by atoms with van der Waals surface area (Å²) in [6, 6.07) is 20.0. The summed E-state index contributed by atoms with van der Waals surface area (Å²) in [6.07, 6.45) is 1.60. The van der Waals surface area contributed by atoms with Crippen molar-refractivity contribution in [2.45, 2.75) is 26.7 Å². The molecule has 4 aromatic rings. The highest BCUT2D eigenvalue weighted by atomic mass is 16.1. The van der Waals surface area contributed by atoms with E-state index in [2.05, 4.69) is 12.0 Å². The normalized spacial score (nSPS) is 11.2. The Morgan fingerprint density at radius 1 is 0.962 bits per heavy atom. The van der Waals surface area contributed by atoms with Gasteiger partial charge in [-0.2, -0.15) is 0 Å². The Labute approximate surface area is 152 Å². The van der Waals surface area contributed by atoms with Gasteiger partial charge in [0.1, 0.15) is 0 Å². The maximum Gasteiger partial charge on any atom is 0.276 e. The van der Waals surface area contributed by atoms with Crippen LogP contribution in [0, 0.1) is 6.92 Å². The zero-order valence-corrected chi connectivity index (χ0v) is 15.0. The Morgan fingerprint density at radius 3 is 2.19 bits per heavy atom. The first-order valence-electron chi connectivity index (χ1n) is 8.95. The molecule has 0 aliphatic rings. The highest BCUT2D eigenvalue weighted by Gasteiger charge is 2.19. The third-order valence-corrected chi connectivity index (χ3v) is 4.66. The quantitative estimate of drug-likeness (QED) is 0.588. The highest BCUT2D eigenvalue weighted by Crippen LogP contribution is 2.29. The summed E-state index contributed by atoms with van der Waals surface area (Å²) >= 11 is 0. The number of fused-ring (bicyclic) bond motifs is 1. The molecule has 1 N–H and O–H groups in total. The molecule has 0 unspecified atom stereocenters. The zero-order valence-electron chi connectivity index (χ0n) is 15.0. The minimum absolute atomic E-state index is 0.0130. The fourth-order valence-corrected chi connectivity index (χ4v) is 3.48. The molecule has 26 heavy (non-hydrogen) atoms. The van der Waals surface area contributed by atoms with Crippen LogP contribution in [0.4, 0.5) is 0 Å². The van der Waals surface area contributed by atoms with E-state index in [0.29, 0.717) is 12.1 Å². The van der Waals surface area contributed by atoms with Crippen LogP contribution in [0.1, 0.15) is 24.6 Å². The van der Waals surface area contributed by atoms with E-state index in [1.807, 2.05) is 67.6 Å². The molecule has 0 radical (unpaired) electrons. The minimum Gasteiger partial charge on any atom is -0.293 e. The number of H-pyrrole nitrogens is 1. The van der Waals surface area contributed by atoms with Gasteiger partial charge in [-0.05, 0) is 18.9 Å². The molecule has 0 saturated carbocycles. The van der Waals surface area contributed by atoms with Crippen LogP contribution in [0.2, 0.25) is 0 Å². The van der Waals surface area contributed by atoms with Gasteiger partial charge in [-0.3, -0.25) is 9.89 Å². The Bertz CT molecular complexity index is 1110. The second-order valence-electron chi connectivity index (χ2n) is 6.50. The lowest BCUT2D eigenvalue weighted by Gasteiger charge is -2.09. The van der Waals surface area contributed by atoms with Crippen molar-refractivity contribution in [1.82, 2.24) is 14.6 Å². The Kier molecular flexibility index (Phi) is 4.17. The monoisotopic (exact) mass is 343 g/mol. The number of nitrogens with one attached hydrogen (secondary N) is 1. The Balaban J connectivity index is 2.08. The lowest BCUT2D eigenvalue weighted by molar-refractivity contribution is 0.827. The lowest BCUT2D eigenvalue weighted by Crippen LogP contribution is -2.21. The second kappa shape index (κ2) is 6.64. The summed E-state index contributed by atoms with van der Waals surface area (Å²) in [6.45, 7) is 4.07. The van der Waals surface area contributed by atoms with E-state index in [1.165, 1.54) is 0 Å². The van der Waals surface area contributed by atoms with Crippen LogP contribution in [0.5, 0.6) is 0 Å². The predicted octanol–water partition coefficient (Wildman–Crippen LogP) is 4.62. The van der Waals surface area contributed by atoms with Gasteiger partial charge in [-0.15, -0.1) is 0 Å². The van der Waals surface area contributed by atoms with Crippen molar-refractivity contribution in [1.29, 1.82) is 0 Å². The summed E-state index contributed by atoms with van der Waals surface area (Å²) < 4.78 is 1.59. The SMILES string of the molecule is CCCc1c(-c2ccccc2)nc2c(-c3ccccc3)c(C)[nH]n2c1=O. The molecule has 4 heteroatoms. The smallest absolute Gasteiger partial charge is 0.276 e. The van der Waals surface area contributed by atoms with Gasteiger partial charge < -0.3 is 0 Å². The molecule has 0 aliphatic carbocycles. The fourth-order valence-electron chi connectivity index (χ4n) is 3.48. The third-order valence-electron chi connectivity index (χ3n) is 4.66. The number of hydrogen-bond donors (Lipinski definition) is 1. The van der Waals surface area contributed by atoms with Crippen molar-refractivity contribution in [2.75, 3.05) is 0 Å². The molecular formula is C22H21N3O. The van der Waals surface area contributed by atoms with Gasteiger partial charge in [0.2, 0.25) is 0 Å². The van der Waals surface area contributed by atoms with Crippen LogP contribution >= 0.6 is 0 Å². The molecule has 0 amide bonds. The molecule has 0 atom stereocenters. The first kappa shape index (κ1) is 16.3. The molecule has 2 aromatic heterocycles. The highest BCUT2D eigenvalue weighted by molar-refractivity contribution is 5.81. The van der Waals surface area contributed by atoms with Crippen molar-refractivity contribution in [3.63, 3.8) is 0 Å². The lowest BCUT2D eigenvalue weighted by atomic mass is 10.0. The first-order valence-corrected chi connectivity index (χ1v) is 8.95. The summed E-state index contributed by atoms with van der Waals surface area (Å²) in [7, 11) is 0. The summed E-state index contributed by atoms with van der Waals surface area (Å²) in [5.74, 6) is 0. The number of aromatic nitrogens is 3. The number of hydrogen-bond acceptors (Lipinski definition) is 2. The fraction of sp³-hybridized carbons (Fsp3) is 0.182. The zero-order chi connectivity index (χ0) is 18.1. The van der Waals surface area contributed by atoms with Crippen molar-refractivity contribution in [3.05, 3.63) is 82.3 Å². The van der Waals surface area contributed by atoms with Crippen LogP contribution in [0.15, 0.2) is 65.5 Å². The van der Waals surface area contributed by atoms with Gasteiger partial charge in [0, 0.05) is 22.4 Å². The van der Waals surface area contributed by atoms with E-state index in [9.17, 15) is 4.79 Å². The first-order chi connectivity index (χ1) is 12.7. The standard InChI is InChI=1S/C22H21N3O/c1-3-10-18-20(17-13-8-5-9-14-17)23-21-19(16-11-6-4-7-12-16)15(2)24-25(21)22(18)26/h4-9,11-14,24H,3,10H2,1-2H3. The molecule has 130 valence electrons. The third kappa shape index (κ3) is 2.64. The van der Waals surface area contributed by atoms with Crippen molar-refractivity contribution in [2.24, 2.45) is 0 Å². The van der Waals surface area contributed by atoms with E-state index < -0.39 is 0 Å². The van der Waals surface area contributed by atoms with Crippen LogP contribution in [0.25, 0.3) is 28.0 Å². The number of benzene rings is 2. The average molecular weight is 343 g/mol. The van der Waals surface area contributed by atoms with Gasteiger partial charge in [0.15, 0.2) is 5.65 Å². The molecule has 2 aromatic carbocycles. The van der Waals surface area contributed by atoms with Crippen LogP contribution < -0.4 is 5.56 Å². The van der Waals surface area contributed by atoms with Gasteiger partial charge in [0.05, 0.1) is 5.69 Å². The molecule has 0 spiro atoms. The topological polar surface area (TPSA) is 50.2 Å². The second-order valence-corrected chi connectivity index (χ2v) is 6.50. The van der Waals surface area contributed by atoms with Crippen molar-refractivity contribution >= 4 is 5.65 Å². The van der Waals surface area contributed by atoms with Crippen LogP contribution in [-0.2, 0) is 6.42 Å². The largest absolute Gasteiger partial charge is 0.293 e. The van der Waals surface area contributed by atoms with Crippen molar-refractivity contribution < 1.29 is 0 Å². The predicted molar refractivity (Wildman–Crippen MR) is 105 cm³/mol. The Hall–Kier alpha value is -3.14. The van der Waals surface area contributed by atoms with Gasteiger partial charge in [-0.1, -0.05) is 74.0 Å². The summed E-state index contributed by atoms with van der Waals surface area (Å²) in [4.78, 5) is 18.2. The molecular weight excluding hydrogens is 322 g/mol. The maximum atomic E-state index is 13.2. The number of rotatable bonds is 4. The maximum absolute atomic E-state index is 13.2. The number of aromatic amines is 1. The van der Waals surface area contributed by atoms with E-state index in [0.717, 1.165) is 40.1 Å². The Morgan fingerprint density at radius 2 is 1.58 bits per heavy atom. The molecule has 0 bridgehead atoms. The summed E-state index contributed by atoms with van der Waals surface area (Å²) in [5.41, 5.74) is 6.16. The molecule has 4 rings (SSSR count). The van der Waals surface area contributed by atoms with Gasteiger partial charge in [-0.25, -0.2) is 9.50 Å². The minimum atomic E-state index is -0.0130. The average Bonchev–Trinajstić information content (AvgIpc) is 3.01. The molecule has 4 nitrogen and oxygen atoms in total. The van der Waals surface area contributed by atoms with Crippen molar-refractivity contribution in [3.8, 4) is 22.4 Å². The van der Waals surface area contributed by atoms with Crippen LogP contribution in [0.3, 0.4) is 0 Å². The van der Waals surface area contributed by atoms with E-state index in [4.69, 9.17) is 4.98 Å². The molecule has 2 heterocycles. The number of aryl methyl sites for hydroxylation is 1. The van der Waals surface area contributed by atoms with Gasteiger partial charge in [0.25, 0.3) is 5.56 Å².